The standard InChI is InChI=1S/C18H23NOS/c1-11-6-14(21-13(11)3)10-19-12(2)7-15-16(19)8-18(4,5)9-17(15)20/h6-7H,8-10H2,1-5H3. The third kappa shape index (κ3) is 2.59. The predicted molar refractivity (Wildman–Crippen MR) is 88.5 cm³/mol. The van der Waals surface area contributed by atoms with Gasteiger partial charge in [0.05, 0.1) is 6.54 Å². The van der Waals surface area contributed by atoms with Gasteiger partial charge in [-0.25, -0.2) is 0 Å². The van der Waals surface area contributed by atoms with Gasteiger partial charge < -0.3 is 4.57 Å². The second-order valence-electron chi connectivity index (χ2n) is 7.13. The number of hydrogen-bond acceptors (Lipinski definition) is 2. The van der Waals surface area contributed by atoms with Crippen molar-refractivity contribution in [3.05, 3.63) is 44.4 Å². The van der Waals surface area contributed by atoms with E-state index in [2.05, 4.69) is 51.3 Å². The van der Waals surface area contributed by atoms with Crippen molar-refractivity contribution in [2.45, 2.75) is 54.0 Å². The maximum Gasteiger partial charge on any atom is 0.165 e. The molecule has 0 saturated carbocycles. The first-order valence-electron chi connectivity index (χ1n) is 7.55. The van der Waals surface area contributed by atoms with Gasteiger partial charge in [-0.05, 0) is 50.3 Å². The number of ketones is 1. The molecule has 2 heterocycles. The first-order valence-corrected chi connectivity index (χ1v) is 8.36. The van der Waals surface area contributed by atoms with Gasteiger partial charge >= 0.3 is 0 Å². The van der Waals surface area contributed by atoms with Crippen molar-refractivity contribution in [2.24, 2.45) is 5.41 Å². The van der Waals surface area contributed by atoms with E-state index >= 15 is 0 Å². The molecular weight excluding hydrogens is 278 g/mol. The molecule has 0 unspecified atom stereocenters. The van der Waals surface area contributed by atoms with Crippen LogP contribution in [0.3, 0.4) is 0 Å². The van der Waals surface area contributed by atoms with Crippen molar-refractivity contribution < 1.29 is 4.79 Å². The van der Waals surface area contributed by atoms with E-state index in [0.29, 0.717) is 12.2 Å². The van der Waals surface area contributed by atoms with Gasteiger partial charge in [0.25, 0.3) is 0 Å². The highest BCUT2D eigenvalue weighted by atomic mass is 32.1. The molecular formula is C18H23NOS. The lowest BCUT2D eigenvalue weighted by Crippen LogP contribution is -2.28. The van der Waals surface area contributed by atoms with Crippen LogP contribution in [0, 0.1) is 26.2 Å². The van der Waals surface area contributed by atoms with Crippen LogP contribution in [-0.4, -0.2) is 10.4 Å². The van der Waals surface area contributed by atoms with E-state index in [-0.39, 0.29) is 5.41 Å². The molecule has 0 atom stereocenters. The fourth-order valence-electron chi connectivity index (χ4n) is 3.31. The zero-order valence-corrected chi connectivity index (χ0v) is 14.4. The van der Waals surface area contributed by atoms with Gasteiger partial charge in [-0.3, -0.25) is 4.79 Å². The molecule has 0 N–H and O–H groups in total. The van der Waals surface area contributed by atoms with Gasteiger partial charge in [0.15, 0.2) is 5.78 Å². The summed E-state index contributed by atoms with van der Waals surface area (Å²) >= 11 is 1.87. The minimum Gasteiger partial charge on any atom is -0.343 e. The smallest absolute Gasteiger partial charge is 0.165 e. The summed E-state index contributed by atoms with van der Waals surface area (Å²) in [5.41, 5.74) is 4.84. The molecule has 0 aromatic carbocycles. The fourth-order valence-corrected chi connectivity index (χ4v) is 4.35. The molecule has 2 aromatic rings. The Hall–Kier alpha value is -1.35. The summed E-state index contributed by atoms with van der Waals surface area (Å²) in [6, 6.07) is 4.36. The normalized spacial score (nSPS) is 17.1. The second kappa shape index (κ2) is 4.84. The number of rotatable bonds is 2. The van der Waals surface area contributed by atoms with Crippen LogP contribution in [0.1, 0.15) is 57.3 Å². The number of Topliss-reactive ketones (excluding diaryl/α,β-unsaturated/α-hetero) is 1. The summed E-state index contributed by atoms with van der Waals surface area (Å²) in [6.07, 6.45) is 1.66. The molecule has 1 aliphatic rings. The van der Waals surface area contributed by atoms with Crippen LogP contribution in [0.4, 0.5) is 0 Å². The predicted octanol–water partition coefficient (Wildman–Crippen LogP) is 4.68. The van der Waals surface area contributed by atoms with E-state index in [9.17, 15) is 4.79 Å². The third-order valence-electron chi connectivity index (χ3n) is 4.53. The Labute approximate surface area is 130 Å². The molecule has 2 nitrogen and oxygen atoms in total. The largest absolute Gasteiger partial charge is 0.343 e. The molecule has 0 radical (unpaired) electrons. The molecule has 3 rings (SSSR count). The third-order valence-corrected chi connectivity index (χ3v) is 5.67. The SMILES string of the molecule is Cc1cc(Cn2c(C)cc3c2CC(C)(C)CC3=O)sc1C. The molecule has 2 aromatic heterocycles. The highest BCUT2D eigenvalue weighted by Crippen LogP contribution is 2.37. The molecule has 0 fully saturated rings. The number of aryl methyl sites for hydroxylation is 3. The van der Waals surface area contributed by atoms with Gasteiger partial charge in [-0.1, -0.05) is 13.8 Å². The highest BCUT2D eigenvalue weighted by molar-refractivity contribution is 7.12. The molecule has 0 aliphatic heterocycles. The average molecular weight is 301 g/mol. The van der Waals surface area contributed by atoms with Crippen molar-refractivity contribution >= 4 is 17.1 Å². The van der Waals surface area contributed by atoms with E-state index in [1.165, 1.54) is 26.7 Å². The van der Waals surface area contributed by atoms with Gasteiger partial charge in [0, 0.05) is 33.1 Å². The Morgan fingerprint density at radius 3 is 2.52 bits per heavy atom. The quantitative estimate of drug-likeness (QED) is 0.789. The maximum atomic E-state index is 12.4. The molecule has 1 aliphatic carbocycles. The molecule has 0 amide bonds. The van der Waals surface area contributed by atoms with E-state index < -0.39 is 0 Å². The molecule has 0 bridgehead atoms. The molecule has 112 valence electrons. The summed E-state index contributed by atoms with van der Waals surface area (Å²) in [7, 11) is 0. The Kier molecular flexibility index (Phi) is 3.36. The Bertz CT molecular complexity index is 698. The molecule has 21 heavy (non-hydrogen) atoms. The first-order chi connectivity index (χ1) is 9.77. The van der Waals surface area contributed by atoms with Gasteiger partial charge in [-0.15, -0.1) is 11.3 Å². The van der Waals surface area contributed by atoms with E-state index in [4.69, 9.17) is 0 Å². The topological polar surface area (TPSA) is 22.0 Å². The zero-order chi connectivity index (χ0) is 15.4. The lowest BCUT2D eigenvalue weighted by molar-refractivity contribution is 0.0910. The number of nitrogens with zero attached hydrogens (tertiary/aromatic N) is 1. The van der Waals surface area contributed by atoms with Gasteiger partial charge in [-0.2, -0.15) is 0 Å². The molecule has 0 spiro atoms. The summed E-state index contributed by atoms with van der Waals surface area (Å²) in [5.74, 6) is 0.307. The summed E-state index contributed by atoms with van der Waals surface area (Å²) in [4.78, 5) is 15.1. The second-order valence-corrected chi connectivity index (χ2v) is 8.47. The Morgan fingerprint density at radius 1 is 1.19 bits per heavy atom. The number of fused-ring (bicyclic) bond motifs is 1. The fraction of sp³-hybridized carbons (Fsp3) is 0.500. The lowest BCUT2D eigenvalue weighted by Gasteiger charge is -2.29. The number of hydrogen-bond donors (Lipinski definition) is 0. The van der Waals surface area contributed by atoms with Crippen LogP contribution in [0.25, 0.3) is 0 Å². The zero-order valence-electron chi connectivity index (χ0n) is 13.5. The minimum absolute atomic E-state index is 0.0773. The number of carbonyl (C=O) groups excluding carboxylic acids is 1. The van der Waals surface area contributed by atoms with Crippen LogP contribution >= 0.6 is 11.3 Å². The molecule has 3 heteroatoms. The van der Waals surface area contributed by atoms with Crippen LogP contribution < -0.4 is 0 Å². The number of thiophene rings is 1. The van der Waals surface area contributed by atoms with Crippen LogP contribution in [0.2, 0.25) is 0 Å². The van der Waals surface area contributed by atoms with Gasteiger partial charge in [0.2, 0.25) is 0 Å². The van der Waals surface area contributed by atoms with Gasteiger partial charge in [0.1, 0.15) is 0 Å². The maximum absolute atomic E-state index is 12.4. The minimum atomic E-state index is 0.0773. The number of carbonyl (C=O) groups is 1. The number of aromatic nitrogens is 1. The first kappa shape index (κ1) is 14.6. The Balaban J connectivity index is 2.02. The van der Waals surface area contributed by atoms with Crippen molar-refractivity contribution in [1.29, 1.82) is 0 Å². The van der Waals surface area contributed by atoms with Crippen LogP contribution in [0.5, 0.6) is 0 Å². The van der Waals surface area contributed by atoms with Crippen molar-refractivity contribution in [3.63, 3.8) is 0 Å². The van der Waals surface area contributed by atoms with Crippen molar-refractivity contribution in [1.82, 2.24) is 4.57 Å². The monoisotopic (exact) mass is 301 g/mol. The van der Waals surface area contributed by atoms with Crippen molar-refractivity contribution in [2.75, 3.05) is 0 Å². The summed E-state index contributed by atoms with van der Waals surface area (Å²) in [5, 5.41) is 0. The molecule has 0 saturated heterocycles. The van der Waals surface area contributed by atoms with Crippen LogP contribution in [0.15, 0.2) is 12.1 Å². The summed E-state index contributed by atoms with van der Waals surface area (Å²) in [6.45, 7) is 11.7. The van der Waals surface area contributed by atoms with E-state index in [1.807, 2.05) is 11.3 Å². The van der Waals surface area contributed by atoms with E-state index in [1.54, 1.807) is 0 Å². The highest BCUT2D eigenvalue weighted by Gasteiger charge is 2.33. The average Bonchev–Trinajstić information content (AvgIpc) is 2.82. The Morgan fingerprint density at radius 2 is 1.90 bits per heavy atom. The van der Waals surface area contributed by atoms with Crippen molar-refractivity contribution in [3.8, 4) is 0 Å². The lowest BCUT2D eigenvalue weighted by atomic mass is 9.76. The summed E-state index contributed by atoms with van der Waals surface area (Å²) < 4.78 is 2.35. The van der Waals surface area contributed by atoms with Crippen LogP contribution in [-0.2, 0) is 13.0 Å². The van der Waals surface area contributed by atoms with E-state index in [0.717, 1.165) is 18.5 Å².